The summed E-state index contributed by atoms with van der Waals surface area (Å²) in [5.74, 6) is -0.169. The second-order valence-corrected chi connectivity index (χ2v) is 3.65. The fourth-order valence-electron chi connectivity index (χ4n) is 1.18. The van der Waals surface area contributed by atoms with Crippen molar-refractivity contribution in [1.82, 2.24) is 10.3 Å². The Hall–Kier alpha value is -1.42. The molecule has 0 aliphatic heterocycles. The van der Waals surface area contributed by atoms with E-state index in [1.165, 1.54) is 0 Å². The zero-order chi connectivity index (χ0) is 11.3. The van der Waals surface area contributed by atoms with Crippen LogP contribution >= 0.6 is 0 Å². The molecule has 1 heterocycles. The van der Waals surface area contributed by atoms with Crippen LogP contribution in [-0.2, 0) is 4.79 Å². The second-order valence-electron chi connectivity index (χ2n) is 3.65. The molecule has 0 spiro atoms. The minimum atomic E-state index is -0.149. The molecular formula is C11H17N3O. The Morgan fingerprint density at radius 1 is 1.60 bits per heavy atom. The van der Waals surface area contributed by atoms with Crippen LogP contribution < -0.4 is 11.1 Å². The number of pyridine rings is 1. The van der Waals surface area contributed by atoms with E-state index in [9.17, 15) is 4.79 Å². The molecule has 4 nitrogen and oxygen atoms in total. The summed E-state index contributed by atoms with van der Waals surface area (Å²) in [6.07, 6.45) is 3.46. The minimum absolute atomic E-state index is 0.0196. The lowest BCUT2D eigenvalue weighted by Gasteiger charge is -2.16. The molecular weight excluding hydrogens is 190 g/mol. The largest absolute Gasteiger partial charge is 0.349 e. The standard InChI is InChI=1S/C11H17N3O/c1-8(6-12)11(15)14-9(2)10-4-3-5-13-7-10/h3-5,7-9H,6,12H2,1-2H3,(H,14,15)/t8?,9-/m0/s1. The number of rotatable bonds is 4. The van der Waals surface area contributed by atoms with Gasteiger partial charge in [0.25, 0.3) is 0 Å². The highest BCUT2D eigenvalue weighted by Gasteiger charge is 2.14. The maximum Gasteiger partial charge on any atom is 0.224 e. The van der Waals surface area contributed by atoms with Crippen LogP contribution in [-0.4, -0.2) is 17.4 Å². The van der Waals surface area contributed by atoms with Crippen molar-refractivity contribution < 1.29 is 4.79 Å². The first-order valence-electron chi connectivity index (χ1n) is 5.05. The number of nitrogens with one attached hydrogen (secondary N) is 1. The predicted octanol–water partition coefficient (Wildman–Crippen LogP) is 0.854. The monoisotopic (exact) mass is 207 g/mol. The molecule has 82 valence electrons. The van der Waals surface area contributed by atoms with Gasteiger partial charge in [0, 0.05) is 24.9 Å². The highest BCUT2D eigenvalue weighted by atomic mass is 16.1. The normalized spacial score (nSPS) is 14.3. The zero-order valence-electron chi connectivity index (χ0n) is 9.10. The molecule has 4 heteroatoms. The molecule has 0 bridgehead atoms. The van der Waals surface area contributed by atoms with Crippen molar-refractivity contribution in [1.29, 1.82) is 0 Å². The summed E-state index contributed by atoms with van der Waals surface area (Å²) in [5, 5.41) is 2.89. The van der Waals surface area contributed by atoms with E-state index in [4.69, 9.17) is 5.73 Å². The van der Waals surface area contributed by atoms with E-state index in [0.717, 1.165) is 5.56 Å². The van der Waals surface area contributed by atoms with Gasteiger partial charge >= 0.3 is 0 Å². The summed E-state index contributed by atoms with van der Waals surface area (Å²) in [7, 11) is 0. The maximum atomic E-state index is 11.5. The average Bonchev–Trinajstić information content (AvgIpc) is 2.29. The Balaban J connectivity index is 2.56. The number of amides is 1. The highest BCUT2D eigenvalue weighted by Crippen LogP contribution is 2.10. The first-order chi connectivity index (χ1) is 7.15. The van der Waals surface area contributed by atoms with Crippen LogP contribution in [0.5, 0.6) is 0 Å². The molecule has 1 aromatic heterocycles. The Labute approximate surface area is 89.9 Å². The van der Waals surface area contributed by atoms with E-state index in [2.05, 4.69) is 10.3 Å². The predicted molar refractivity (Wildman–Crippen MR) is 59.0 cm³/mol. The van der Waals surface area contributed by atoms with Gasteiger partial charge < -0.3 is 11.1 Å². The van der Waals surface area contributed by atoms with E-state index >= 15 is 0 Å². The highest BCUT2D eigenvalue weighted by molar-refractivity contribution is 5.78. The molecule has 1 rings (SSSR count). The van der Waals surface area contributed by atoms with E-state index in [0.29, 0.717) is 6.54 Å². The van der Waals surface area contributed by atoms with Crippen molar-refractivity contribution in [3.05, 3.63) is 30.1 Å². The van der Waals surface area contributed by atoms with Crippen molar-refractivity contribution in [3.63, 3.8) is 0 Å². The minimum Gasteiger partial charge on any atom is -0.349 e. The molecule has 0 saturated heterocycles. The maximum absolute atomic E-state index is 11.5. The molecule has 3 N–H and O–H groups in total. The number of hydrogen-bond acceptors (Lipinski definition) is 3. The molecule has 0 aliphatic rings. The number of hydrogen-bond donors (Lipinski definition) is 2. The Morgan fingerprint density at radius 3 is 2.87 bits per heavy atom. The summed E-state index contributed by atoms with van der Waals surface area (Å²) < 4.78 is 0. The van der Waals surface area contributed by atoms with E-state index in [1.54, 1.807) is 12.4 Å². The van der Waals surface area contributed by atoms with Crippen molar-refractivity contribution in [2.24, 2.45) is 11.7 Å². The van der Waals surface area contributed by atoms with Gasteiger partial charge in [-0.3, -0.25) is 9.78 Å². The number of nitrogens with zero attached hydrogens (tertiary/aromatic N) is 1. The summed E-state index contributed by atoms with van der Waals surface area (Å²) in [6.45, 7) is 4.11. The van der Waals surface area contributed by atoms with Crippen LogP contribution in [0, 0.1) is 5.92 Å². The van der Waals surface area contributed by atoms with E-state index in [-0.39, 0.29) is 17.9 Å². The molecule has 0 aromatic carbocycles. The second kappa shape index (κ2) is 5.46. The molecule has 1 amide bonds. The van der Waals surface area contributed by atoms with Gasteiger partial charge in [0.05, 0.1) is 6.04 Å². The summed E-state index contributed by atoms with van der Waals surface area (Å²) >= 11 is 0. The summed E-state index contributed by atoms with van der Waals surface area (Å²) in [5.41, 5.74) is 6.41. The fourth-order valence-corrected chi connectivity index (χ4v) is 1.18. The third-order valence-electron chi connectivity index (χ3n) is 2.34. The van der Waals surface area contributed by atoms with Crippen LogP contribution in [0.3, 0.4) is 0 Å². The number of carbonyl (C=O) groups is 1. The quantitative estimate of drug-likeness (QED) is 0.769. The van der Waals surface area contributed by atoms with Crippen LogP contribution in [0.15, 0.2) is 24.5 Å². The van der Waals surface area contributed by atoms with Crippen molar-refractivity contribution in [2.45, 2.75) is 19.9 Å². The average molecular weight is 207 g/mol. The van der Waals surface area contributed by atoms with Crippen LogP contribution in [0.2, 0.25) is 0 Å². The number of aromatic nitrogens is 1. The van der Waals surface area contributed by atoms with E-state index < -0.39 is 0 Å². The van der Waals surface area contributed by atoms with Crippen molar-refractivity contribution in [3.8, 4) is 0 Å². The Kier molecular flexibility index (Phi) is 4.24. The molecule has 15 heavy (non-hydrogen) atoms. The van der Waals surface area contributed by atoms with Gasteiger partial charge in [0.1, 0.15) is 0 Å². The SMILES string of the molecule is CC(CN)C(=O)N[C@@H](C)c1cccnc1. The van der Waals surface area contributed by atoms with Crippen molar-refractivity contribution in [2.75, 3.05) is 6.54 Å². The fraction of sp³-hybridized carbons (Fsp3) is 0.455. The Bertz CT molecular complexity index is 313. The molecule has 0 aliphatic carbocycles. The number of carbonyl (C=O) groups excluding carboxylic acids is 1. The summed E-state index contributed by atoms with van der Waals surface area (Å²) in [4.78, 5) is 15.5. The third kappa shape index (κ3) is 3.32. The number of nitrogens with two attached hydrogens (primary N) is 1. The van der Waals surface area contributed by atoms with Crippen molar-refractivity contribution >= 4 is 5.91 Å². The lowest BCUT2D eigenvalue weighted by molar-refractivity contribution is -0.124. The van der Waals surface area contributed by atoms with Gasteiger partial charge in [-0.1, -0.05) is 13.0 Å². The van der Waals surface area contributed by atoms with Gasteiger partial charge in [-0.2, -0.15) is 0 Å². The van der Waals surface area contributed by atoms with Gasteiger partial charge in [-0.15, -0.1) is 0 Å². The lowest BCUT2D eigenvalue weighted by Crippen LogP contribution is -2.34. The van der Waals surface area contributed by atoms with Gasteiger partial charge in [-0.05, 0) is 18.6 Å². The van der Waals surface area contributed by atoms with Crippen LogP contribution in [0.4, 0.5) is 0 Å². The van der Waals surface area contributed by atoms with Crippen LogP contribution in [0.1, 0.15) is 25.5 Å². The third-order valence-corrected chi connectivity index (χ3v) is 2.34. The van der Waals surface area contributed by atoms with Gasteiger partial charge in [0.2, 0.25) is 5.91 Å². The molecule has 0 radical (unpaired) electrons. The van der Waals surface area contributed by atoms with Gasteiger partial charge in [0.15, 0.2) is 0 Å². The molecule has 2 atom stereocenters. The topological polar surface area (TPSA) is 68.0 Å². The summed E-state index contributed by atoms with van der Waals surface area (Å²) in [6, 6.07) is 3.76. The molecule has 1 aromatic rings. The molecule has 1 unspecified atom stereocenters. The van der Waals surface area contributed by atoms with E-state index in [1.807, 2.05) is 26.0 Å². The molecule has 0 saturated carbocycles. The first-order valence-corrected chi connectivity index (χ1v) is 5.05. The van der Waals surface area contributed by atoms with Crippen LogP contribution in [0.25, 0.3) is 0 Å². The Morgan fingerprint density at radius 2 is 2.33 bits per heavy atom. The first kappa shape index (κ1) is 11.7. The molecule has 0 fully saturated rings. The zero-order valence-corrected chi connectivity index (χ0v) is 9.10. The lowest BCUT2D eigenvalue weighted by atomic mass is 10.1. The van der Waals surface area contributed by atoms with Gasteiger partial charge in [-0.25, -0.2) is 0 Å². The smallest absolute Gasteiger partial charge is 0.224 e.